The van der Waals surface area contributed by atoms with E-state index in [1.807, 2.05) is 48.5 Å². The molecule has 0 aliphatic carbocycles. The predicted octanol–water partition coefficient (Wildman–Crippen LogP) is 4.51. The zero-order valence-corrected chi connectivity index (χ0v) is 20.6. The lowest BCUT2D eigenvalue weighted by molar-refractivity contribution is 0.0945. The highest BCUT2D eigenvalue weighted by Gasteiger charge is 2.14. The summed E-state index contributed by atoms with van der Waals surface area (Å²) in [6.45, 7) is 1.26. The summed E-state index contributed by atoms with van der Waals surface area (Å²) < 4.78 is 21.2. The van der Waals surface area contributed by atoms with E-state index < -0.39 is 11.7 Å². The van der Waals surface area contributed by atoms with Gasteiger partial charge < -0.3 is 15.1 Å². The van der Waals surface area contributed by atoms with Gasteiger partial charge in [-0.2, -0.15) is 0 Å². The number of oxazole rings is 1. The van der Waals surface area contributed by atoms with Gasteiger partial charge in [-0.3, -0.25) is 14.3 Å². The molecular weight excluding hydrogens is 495 g/mol. The quantitative estimate of drug-likeness (QED) is 0.264. The SMILES string of the molecule is O=C(NCc1ncccc1F)c1coc(CCNCCc2nc3ccccc3n2-c2cccc(Cl)c2)n1. The molecule has 37 heavy (non-hydrogen) atoms. The van der Waals surface area contributed by atoms with Gasteiger partial charge in [0.2, 0.25) is 0 Å². The lowest BCUT2D eigenvalue weighted by atomic mass is 10.2. The van der Waals surface area contributed by atoms with E-state index in [2.05, 4.69) is 25.2 Å². The van der Waals surface area contributed by atoms with Crippen LogP contribution in [0.15, 0.2) is 77.5 Å². The smallest absolute Gasteiger partial charge is 0.273 e. The summed E-state index contributed by atoms with van der Waals surface area (Å²) in [4.78, 5) is 25.3. The van der Waals surface area contributed by atoms with Crippen molar-refractivity contribution < 1.29 is 13.6 Å². The van der Waals surface area contributed by atoms with E-state index in [9.17, 15) is 9.18 Å². The van der Waals surface area contributed by atoms with Gasteiger partial charge in [0.25, 0.3) is 5.91 Å². The Kier molecular flexibility index (Phi) is 7.53. The highest BCUT2D eigenvalue weighted by molar-refractivity contribution is 6.30. The van der Waals surface area contributed by atoms with Crippen LogP contribution in [0.25, 0.3) is 16.7 Å². The molecule has 5 rings (SSSR count). The maximum Gasteiger partial charge on any atom is 0.273 e. The van der Waals surface area contributed by atoms with Gasteiger partial charge >= 0.3 is 0 Å². The summed E-state index contributed by atoms with van der Waals surface area (Å²) in [5, 5.41) is 6.65. The predicted molar refractivity (Wildman–Crippen MR) is 138 cm³/mol. The van der Waals surface area contributed by atoms with Crippen LogP contribution in [0.3, 0.4) is 0 Å². The summed E-state index contributed by atoms with van der Waals surface area (Å²) in [5.41, 5.74) is 3.21. The van der Waals surface area contributed by atoms with Crippen LogP contribution in [0.5, 0.6) is 0 Å². The molecule has 0 saturated heterocycles. The number of carbonyl (C=O) groups is 1. The monoisotopic (exact) mass is 518 g/mol. The fraction of sp³-hybridized carbons (Fsp3) is 0.185. The Morgan fingerprint density at radius 2 is 1.89 bits per heavy atom. The van der Waals surface area contributed by atoms with Gasteiger partial charge in [-0.15, -0.1) is 0 Å². The van der Waals surface area contributed by atoms with Crippen molar-refractivity contribution in [1.82, 2.24) is 30.2 Å². The third-order valence-electron chi connectivity index (χ3n) is 5.77. The minimum absolute atomic E-state index is 0.0325. The van der Waals surface area contributed by atoms with Gasteiger partial charge in [-0.1, -0.05) is 29.8 Å². The zero-order chi connectivity index (χ0) is 25.6. The minimum atomic E-state index is -0.474. The van der Waals surface area contributed by atoms with E-state index >= 15 is 0 Å². The molecule has 5 aromatic rings. The van der Waals surface area contributed by atoms with Crippen LogP contribution in [0.1, 0.15) is 27.9 Å². The molecule has 2 aromatic carbocycles. The summed E-state index contributed by atoms with van der Waals surface area (Å²) in [6.07, 6.45) is 3.98. The lowest BCUT2D eigenvalue weighted by Gasteiger charge is -2.10. The highest BCUT2D eigenvalue weighted by Crippen LogP contribution is 2.23. The molecule has 8 nitrogen and oxygen atoms in total. The number of pyridine rings is 1. The van der Waals surface area contributed by atoms with E-state index in [1.54, 1.807) is 0 Å². The van der Waals surface area contributed by atoms with Gasteiger partial charge in [0.15, 0.2) is 11.6 Å². The van der Waals surface area contributed by atoms with Crippen molar-refractivity contribution in [3.63, 3.8) is 0 Å². The number of imidazole rings is 1. The topological polar surface area (TPSA) is 97.9 Å². The van der Waals surface area contributed by atoms with Crippen molar-refractivity contribution in [2.45, 2.75) is 19.4 Å². The van der Waals surface area contributed by atoms with Crippen molar-refractivity contribution in [2.24, 2.45) is 0 Å². The average molecular weight is 519 g/mol. The summed E-state index contributed by atoms with van der Waals surface area (Å²) in [5.74, 6) is 0.439. The Labute approximate surface area is 217 Å². The fourth-order valence-electron chi connectivity index (χ4n) is 4.00. The molecule has 0 unspecified atom stereocenters. The minimum Gasteiger partial charge on any atom is -0.448 e. The molecule has 3 aromatic heterocycles. The highest BCUT2D eigenvalue weighted by atomic mass is 35.5. The van der Waals surface area contributed by atoms with Crippen molar-refractivity contribution in [2.75, 3.05) is 13.1 Å². The second-order valence-electron chi connectivity index (χ2n) is 8.32. The number of hydrogen-bond donors (Lipinski definition) is 2. The first kappa shape index (κ1) is 24.6. The molecule has 0 atom stereocenters. The number of hydrogen-bond acceptors (Lipinski definition) is 6. The molecule has 0 fully saturated rings. The number of rotatable bonds is 10. The number of para-hydroxylation sites is 2. The standard InChI is InChI=1S/C27H24ClFN6O2/c28-18-5-3-6-19(15-18)35-24-9-2-1-8-21(24)33-25(35)10-13-30-14-11-26-34-23(17-37-26)27(36)32-16-22-20(29)7-4-12-31-22/h1-9,12,15,17,30H,10-11,13-14,16H2,(H,32,36). The van der Waals surface area contributed by atoms with Crippen LogP contribution in [-0.4, -0.2) is 38.5 Å². The normalized spacial score (nSPS) is 11.2. The molecule has 0 aliphatic rings. The first-order chi connectivity index (χ1) is 18.1. The second kappa shape index (κ2) is 11.3. The van der Waals surface area contributed by atoms with E-state index in [0.717, 1.165) is 22.5 Å². The third-order valence-corrected chi connectivity index (χ3v) is 6.01. The van der Waals surface area contributed by atoms with E-state index in [0.29, 0.717) is 36.8 Å². The molecule has 0 bridgehead atoms. The first-order valence-corrected chi connectivity index (χ1v) is 12.2. The van der Waals surface area contributed by atoms with Crippen molar-refractivity contribution in [3.8, 4) is 5.69 Å². The number of nitrogens with one attached hydrogen (secondary N) is 2. The van der Waals surface area contributed by atoms with E-state index in [4.69, 9.17) is 21.0 Å². The molecule has 0 aliphatic heterocycles. The largest absolute Gasteiger partial charge is 0.448 e. The van der Waals surface area contributed by atoms with Crippen LogP contribution in [-0.2, 0) is 19.4 Å². The lowest BCUT2D eigenvalue weighted by Crippen LogP contribution is -2.24. The average Bonchev–Trinajstić information content (AvgIpc) is 3.52. The Morgan fingerprint density at radius 3 is 2.76 bits per heavy atom. The molecule has 188 valence electrons. The Bertz CT molecular complexity index is 1530. The van der Waals surface area contributed by atoms with Crippen molar-refractivity contribution in [3.05, 3.63) is 107 Å². The number of aromatic nitrogens is 4. The van der Waals surface area contributed by atoms with Gasteiger partial charge in [0.05, 0.1) is 23.3 Å². The van der Waals surface area contributed by atoms with Crippen LogP contribution in [0.4, 0.5) is 4.39 Å². The van der Waals surface area contributed by atoms with Crippen molar-refractivity contribution >= 4 is 28.5 Å². The molecular formula is C27H24ClFN6O2. The number of nitrogens with zero attached hydrogens (tertiary/aromatic N) is 4. The van der Waals surface area contributed by atoms with Crippen molar-refractivity contribution in [1.29, 1.82) is 0 Å². The molecule has 1 amide bonds. The Balaban J connectivity index is 1.14. The van der Waals surface area contributed by atoms with E-state index in [1.165, 1.54) is 24.6 Å². The van der Waals surface area contributed by atoms with Gasteiger partial charge in [0.1, 0.15) is 17.9 Å². The number of fused-ring (bicyclic) bond motifs is 1. The maximum absolute atomic E-state index is 13.7. The van der Waals surface area contributed by atoms with Gasteiger partial charge in [0, 0.05) is 42.8 Å². The Hall–Kier alpha value is -4.08. The Morgan fingerprint density at radius 1 is 1.03 bits per heavy atom. The first-order valence-electron chi connectivity index (χ1n) is 11.8. The number of benzene rings is 2. The molecule has 0 spiro atoms. The number of halogens is 2. The second-order valence-corrected chi connectivity index (χ2v) is 8.76. The number of carbonyl (C=O) groups excluding carboxylic acids is 1. The molecule has 0 saturated carbocycles. The molecule has 2 N–H and O–H groups in total. The van der Waals surface area contributed by atoms with Gasteiger partial charge in [-0.05, 0) is 42.5 Å². The summed E-state index contributed by atoms with van der Waals surface area (Å²) in [6, 6.07) is 18.5. The fourth-order valence-corrected chi connectivity index (χ4v) is 4.18. The summed E-state index contributed by atoms with van der Waals surface area (Å²) >= 11 is 6.24. The number of amides is 1. The summed E-state index contributed by atoms with van der Waals surface area (Å²) in [7, 11) is 0. The maximum atomic E-state index is 13.7. The van der Waals surface area contributed by atoms with E-state index in [-0.39, 0.29) is 17.9 Å². The van der Waals surface area contributed by atoms with Crippen LogP contribution in [0, 0.1) is 5.82 Å². The third kappa shape index (κ3) is 5.84. The molecule has 0 radical (unpaired) electrons. The molecule has 10 heteroatoms. The van der Waals surface area contributed by atoms with Gasteiger partial charge in [-0.25, -0.2) is 14.4 Å². The zero-order valence-electron chi connectivity index (χ0n) is 19.8. The van der Waals surface area contributed by atoms with Crippen LogP contribution >= 0.6 is 11.6 Å². The molecule has 3 heterocycles. The van der Waals surface area contributed by atoms with Crippen LogP contribution < -0.4 is 10.6 Å². The van der Waals surface area contributed by atoms with Crippen LogP contribution in [0.2, 0.25) is 5.02 Å².